The topological polar surface area (TPSA) is 106 Å². The van der Waals surface area contributed by atoms with E-state index in [-0.39, 0.29) is 17.4 Å². The van der Waals surface area contributed by atoms with Crippen LogP contribution in [0, 0.1) is 0 Å². The minimum Gasteiger partial charge on any atom is -0.385 e. The van der Waals surface area contributed by atoms with E-state index >= 15 is 0 Å². The highest BCUT2D eigenvalue weighted by atomic mass is 32.2. The third-order valence-electron chi connectivity index (χ3n) is 4.71. The summed E-state index contributed by atoms with van der Waals surface area (Å²) >= 11 is 0. The Bertz CT molecular complexity index is 1110. The number of amides is 1. The summed E-state index contributed by atoms with van der Waals surface area (Å²) < 4.78 is 27.3. The van der Waals surface area contributed by atoms with Gasteiger partial charge >= 0.3 is 0 Å². The molecule has 0 aliphatic carbocycles. The van der Waals surface area contributed by atoms with E-state index in [9.17, 15) is 13.2 Å². The number of piperidine rings is 1. The molecule has 2 aromatic carbocycles. The molecule has 1 aliphatic heterocycles. The van der Waals surface area contributed by atoms with Gasteiger partial charge in [0.05, 0.1) is 4.90 Å². The van der Waals surface area contributed by atoms with Gasteiger partial charge in [-0.3, -0.25) is 4.79 Å². The Kier molecular flexibility index (Phi) is 5.45. The van der Waals surface area contributed by atoms with Crippen molar-refractivity contribution in [2.24, 2.45) is 0 Å². The highest BCUT2D eigenvalue weighted by molar-refractivity contribution is 7.89. The number of aromatic nitrogens is 3. The van der Waals surface area contributed by atoms with Gasteiger partial charge in [-0.05, 0) is 48.4 Å². The first-order valence-electron chi connectivity index (χ1n) is 9.38. The number of anilines is 1. The van der Waals surface area contributed by atoms with Gasteiger partial charge < -0.3 is 10.2 Å². The van der Waals surface area contributed by atoms with Gasteiger partial charge in [-0.15, -0.1) is 5.10 Å². The fraction of sp³-hybridized carbons (Fsp3) is 0.316. The first-order valence-corrected chi connectivity index (χ1v) is 10.8. The van der Waals surface area contributed by atoms with Gasteiger partial charge in [-0.1, -0.05) is 29.5 Å². The minimum absolute atomic E-state index is 0.160. The van der Waals surface area contributed by atoms with Crippen LogP contribution in [0.3, 0.4) is 0 Å². The van der Waals surface area contributed by atoms with E-state index in [0.29, 0.717) is 29.8 Å². The van der Waals surface area contributed by atoms with Crippen LogP contribution in [0.4, 0.5) is 5.69 Å². The lowest BCUT2D eigenvalue weighted by Crippen LogP contribution is -2.35. The molecular formula is C19H21N5O4S. The molecule has 0 saturated carbocycles. The number of rotatable bonds is 6. The zero-order chi connectivity index (χ0) is 20.3. The summed E-state index contributed by atoms with van der Waals surface area (Å²) in [4.78, 5) is 18.7. The van der Waals surface area contributed by atoms with Crippen LogP contribution in [0.5, 0.6) is 0 Å². The first-order chi connectivity index (χ1) is 14.0. The Morgan fingerprint density at radius 3 is 2.59 bits per heavy atom. The Hall–Kier alpha value is -2.98. The lowest BCUT2D eigenvalue weighted by Gasteiger charge is -2.25. The van der Waals surface area contributed by atoms with Crippen molar-refractivity contribution >= 4 is 32.7 Å². The molecule has 0 radical (unpaired) electrons. The summed E-state index contributed by atoms with van der Waals surface area (Å²) in [6.07, 6.45) is 2.77. The maximum absolute atomic E-state index is 12.9. The van der Waals surface area contributed by atoms with Crippen molar-refractivity contribution in [1.82, 2.24) is 19.5 Å². The second-order valence-corrected chi connectivity index (χ2v) is 8.70. The fourth-order valence-electron chi connectivity index (χ4n) is 3.23. The molecule has 9 nitrogen and oxygen atoms in total. The number of hydrogen-bond donors (Lipinski definition) is 1. The Morgan fingerprint density at radius 2 is 1.83 bits per heavy atom. The summed E-state index contributed by atoms with van der Waals surface area (Å²) in [6, 6.07) is 13.6. The Labute approximate surface area is 168 Å². The number of carbonyl (C=O) groups excluding carboxylic acids is 1. The molecule has 152 valence electrons. The van der Waals surface area contributed by atoms with Crippen molar-refractivity contribution in [1.29, 1.82) is 0 Å². The highest BCUT2D eigenvalue weighted by Gasteiger charge is 2.26. The molecule has 1 saturated heterocycles. The molecule has 0 bridgehead atoms. The number of nitrogens with zero attached hydrogens (tertiary/aromatic N) is 4. The third kappa shape index (κ3) is 4.22. The largest absolute Gasteiger partial charge is 0.385 e. The fourth-order valence-corrected chi connectivity index (χ4v) is 4.76. The van der Waals surface area contributed by atoms with Crippen molar-refractivity contribution in [3.05, 3.63) is 48.5 Å². The number of hydrogen-bond acceptors (Lipinski definition) is 6. The number of nitrogens with one attached hydrogen (secondary N) is 1. The Morgan fingerprint density at radius 1 is 1.07 bits per heavy atom. The molecule has 1 aromatic heterocycles. The molecule has 0 spiro atoms. The molecule has 1 N–H and O–H groups in total. The van der Waals surface area contributed by atoms with Crippen LogP contribution in [0.25, 0.3) is 11.0 Å². The first kappa shape index (κ1) is 19.3. The number of sulfonamides is 1. The van der Waals surface area contributed by atoms with Crippen molar-refractivity contribution in [2.75, 3.05) is 25.0 Å². The van der Waals surface area contributed by atoms with Gasteiger partial charge in [0.1, 0.15) is 11.0 Å². The molecule has 1 fully saturated rings. The van der Waals surface area contributed by atoms with Crippen molar-refractivity contribution < 1.29 is 18.0 Å². The predicted molar refractivity (Wildman–Crippen MR) is 107 cm³/mol. The van der Waals surface area contributed by atoms with E-state index in [4.69, 9.17) is 4.84 Å². The number of para-hydroxylation sites is 1. The molecule has 1 aliphatic rings. The smallest absolute Gasteiger partial charge is 0.265 e. The average molecular weight is 415 g/mol. The molecule has 1 amide bonds. The van der Waals surface area contributed by atoms with Crippen molar-refractivity contribution in [3.8, 4) is 0 Å². The third-order valence-corrected chi connectivity index (χ3v) is 6.61. The maximum atomic E-state index is 12.9. The van der Waals surface area contributed by atoms with E-state index in [1.165, 1.54) is 16.4 Å². The van der Waals surface area contributed by atoms with Crippen molar-refractivity contribution in [3.63, 3.8) is 0 Å². The van der Waals surface area contributed by atoms with Gasteiger partial charge in [0.25, 0.3) is 5.91 Å². The minimum atomic E-state index is -3.59. The summed E-state index contributed by atoms with van der Waals surface area (Å²) in [5.41, 5.74) is 1.51. The van der Waals surface area contributed by atoms with Crippen LogP contribution in [-0.4, -0.2) is 53.5 Å². The van der Waals surface area contributed by atoms with Gasteiger partial charge in [0.2, 0.25) is 10.0 Å². The van der Waals surface area contributed by atoms with E-state index in [2.05, 4.69) is 15.6 Å². The summed E-state index contributed by atoms with van der Waals surface area (Å²) in [6.45, 7) is 0.749. The van der Waals surface area contributed by atoms with Crippen LogP contribution in [-0.2, 0) is 14.8 Å². The lowest BCUT2D eigenvalue weighted by molar-refractivity contribution is -0.121. The van der Waals surface area contributed by atoms with Crippen LogP contribution >= 0.6 is 0 Å². The lowest BCUT2D eigenvalue weighted by atomic mass is 10.2. The zero-order valence-corrected chi connectivity index (χ0v) is 16.5. The molecular weight excluding hydrogens is 394 g/mol. The van der Waals surface area contributed by atoms with Crippen LogP contribution in [0.15, 0.2) is 53.4 Å². The Balaban J connectivity index is 1.50. The quantitative estimate of drug-likeness (QED) is 0.656. The van der Waals surface area contributed by atoms with Gasteiger partial charge in [-0.2, -0.15) is 4.31 Å². The van der Waals surface area contributed by atoms with Crippen LogP contribution in [0.1, 0.15) is 19.3 Å². The summed E-state index contributed by atoms with van der Waals surface area (Å²) in [5.74, 6) is -0.364. The average Bonchev–Trinajstić information content (AvgIpc) is 3.16. The van der Waals surface area contributed by atoms with E-state index in [0.717, 1.165) is 24.1 Å². The monoisotopic (exact) mass is 415 g/mol. The molecule has 29 heavy (non-hydrogen) atoms. The second kappa shape index (κ2) is 8.18. The van der Waals surface area contributed by atoms with Gasteiger partial charge in [0.15, 0.2) is 6.61 Å². The number of benzene rings is 2. The molecule has 0 atom stereocenters. The number of fused-ring (bicyclic) bond motifs is 1. The predicted octanol–water partition coefficient (Wildman–Crippen LogP) is 1.67. The van der Waals surface area contributed by atoms with E-state index in [1.807, 2.05) is 18.2 Å². The highest BCUT2D eigenvalue weighted by Crippen LogP contribution is 2.23. The maximum Gasteiger partial charge on any atom is 0.265 e. The number of carbonyl (C=O) groups is 1. The van der Waals surface area contributed by atoms with Gasteiger partial charge in [0, 0.05) is 18.8 Å². The van der Waals surface area contributed by atoms with Gasteiger partial charge in [-0.25, -0.2) is 8.42 Å². The molecule has 0 unspecified atom stereocenters. The van der Waals surface area contributed by atoms with E-state index in [1.54, 1.807) is 18.2 Å². The normalized spacial score (nSPS) is 15.3. The summed E-state index contributed by atoms with van der Waals surface area (Å²) in [5, 5.41) is 10.5. The summed E-state index contributed by atoms with van der Waals surface area (Å²) in [7, 11) is -3.59. The molecule has 10 heteroatoms. The van der Waals surface area contributed by atoms with Crippen LogP contribution < -0.4 is 10.2 Å². The van der Waals surface area contributed by atoms with Crippen molar-refractivity contribution in [2.45, 2.75) is 24.2 Å². The van der Waals surface area contributed by atoms with E-state index < -0.39 is 10.0 Å². The van der Waals surface area contributed by atoms with Crippen LogP contribution in [0.2, 0.25) is 0 Å². The SMILES string of the molecule is O=C(COn1nnc2ccc(S(=O)(=O)N3CCCCC3)cc21)Nc1ccccc1. The molecule has 2 heterocycles. The zero-order valence-electron chi connectivity index (χ0n) is 15.7. The molecule has 4 rings (SSSR count). The second-order valence-electron chi connectivity index (χ2n) is 6.77. The molecule has 3 aromatic rings. The standard InChI is InChI=1S/C19H21N5O4S/c25-19(20-15-7-3-1-4-8-15)14-28-24-18-13-16(9-10-17(18)21-22-24)29(26,27)23-11-5-2-6-12-23/h1,3-4,7-10,13H,2,5-6,11-12,14H2,(H,20,25).